The van der Waals surface area contributed by atoms with Crippen molar-refractivity contribution in [2.45, 2.75) is 18.2 Å². The van der Waals surface area contributed by atoms with Crippen LogP contribution in [-0.2, 0) is 20.0 Å². The third-order valence-electron chi connectivity index (χ3n) is 5.76. The summed E-state index contributed by atoms with van der Waals surface area (Å²) in [4.78, 5) is 14.3. The minimum atomic E-state index is -3.87. The van der Waals surface area contributed by atoms with Crippen molar-refractivity contribution < 1.29 is 26.7 Å². The molecule has 0 unspecified atom stereocenters. The molecular weight excluding hydrogens is 454 g/mol. The summed E-state index contributed by atoms with van der Waals surface area (Å²) in [6, 6.07) is 10.9. The number of amides is 1. The number of phenols is 1. The zero-order chi connectivity index (χ0) is 23.1. The maximum atomic E-state index is 12.9. The Kier molecular flexibility index (Phi) is 5.91. The Morgan fingerprint density at radius 1 is 0.969 bits per heavy atom. The van der Waals surface area contributed by atoms with Crippen LogP contribution in [0.1, 0.15) is 22.3 Å². The summed E-state index contributed by atoms with van der Waals surface area (Å²) in [5.41, 5.74) is 1.67. The average Bonchev–Trinajstić information content (AvgIpc) is 3.14. The average molecular weight is 480 g/mol. The number of benzene rings is 2. The monoisotopic (exact) mass is 479 g/mol. The fourth-order valence-corrected chi connectivity index (χ4v) is 7.13. The first kappa shape index (κ1) is 22.6. The van der Waals surface area contributed by atoms with Crippen molar-refractivity contribution in [1.82, 2.24) is 9.21 Å². The molecule has 1 N–H and O–H groups in total. The molecule has 11 heteroatoms. The van der Waals surface area contributed by atoms with Crippen LogP contribution in [-0.4, -0.2) is 75.5 Å². The minimum Gasteiger partial charge on any atom is -0.507 e. The van der Waals surface area contributed by atoms with Crippen molar-refractivity contribution in [3.8, 4) is 5.75 Å². The van der Waals surface area contributed by atoms with Gasteiger partial charge in [0.2, 0.25) is 20.0 Å². The Morgan fingerprint density at radius 3 is 2.22 bits per heavy atom. The second-order valence-electron chi connectivity index (χ2n) is 7.96. The second kappa shape index (κ2) is 8.38. The lowest BCUT2D eigenvalue weighted by molar-refractivity contribution is 0.0697. The lowest BCUT2D eigenvalue weighted by Crippen LogP contribution is -2.50. The van der Waals surface area contributed by atoms with E-state index in [1.54, 1.807) is 42.2 Å². The number of carbonyl (C=O) groups is 1. The summed E-state index contributed by atoms with van der Waals surface area (Å²) in [7, 11) is -7.16. The molecule has 2 fully saturated rings. The first-order valence-corrected chi connectivity index (χ1v) is 13.3. The van der Waals surface area contributed by atoms with Gasteiger partial charge in [0, 0.05) is 38.3 Å². The van der Waals surface area contributed by atoms with E-state index in [1.165, 1.54) is 20.7 Å². The molecule has 2 heterocycles. The number of aryl methyl sites for hydroxylation is 1. The van der Waals surface area contributed by atoms with Gasteiger partial charge in [0.15, 0.2) is 0 Å². The van der Waals surface area contributed by atoms with Gasteiger partial charge < -0.3 is 10.0 Å². The molecule has 0 saturated carbocycles. The van der Waals surface area contributed by atoms with Crippen molar-refractivity contribution in [2.75, 3.05) is 42.8 Å². The Balaban J connectivity index is 1.43. The molecule has 172 valence electrons. The summed E-state index contributed by atoms with van der Waals surface area (Å²) in [6.07, 6.45) is 0.580. The van der Waals surface area contributed by atoms with Crippen LogP contribution < -0.4 is 4.31 Å². The molecule has 2 saturated heterocycles. The Morgan fingerprint density at radius 2 is 1.62 bits per heavy atom. The first-order valence-electron chi connectivity index (χ1n) is 10.3. The number of phenolic OH excluding ortho intramolecular Hbond substituents is 1. The molecule has 0 bridgehead atoms. The second-order valence-corrected chi connectivity index (χ2v) is 11.9. The standard InChI is InChI=1S/C21H25N3O6S2/c1-16-3-8-19(25)20(15-16)32(29,30)23-12-10-22(11-13-23)21(26)17-4-6-18(7-5-17)24-9-2-14-31(24,27)28/h3-8,15,25H,2,9-14H2,1H3. The fraction of sp³-hybridized carbons (Fsp3) is 0.381. The third-order valence-corrected chi connectivity index (χ3v) is 9.56. The zero-order valence-corrected chi connectivity index (χ0v) is 19.3. The Hall–Kier alpha value is -2.63. The quantitative estimate of drug-likeness (QED) is 0.709. The van der Waals surface area contributed by atoms with Gasteiger partial charge in [-0.25, -0.2) is 16.8 Å². The number of hydrogen-bond acceptors (Lipinski definition) is 6. The third kappa shape index (κ3) is 4.19. The van der Waals surface area contributed by atoms with E-state index >= 15 is 0 Å². The van der Waals surface area contributed by atoms with Gasteiger partial charge in [0.25, 0.3) is 5.91 Å². The highest BCUT2D eigenvalue weighted by molar-refractivity contribution is 7.93. The summed E-state index contributed by atoms with van der Waals surface area (Å²) in [5.74, 6) is -0.410. The normalized spacial score (nSPS) is 19.3. The molecule has 1 amide bonds. The Labute approximate surface area is 188 Å². The van der Waals surface area contributed by atoms with Crippen LogP contribution >= 0.6 is 0 Å². The predicted molar refractivity (Wildman–Crippen MR) is 120 cm³/mol. The number of hydrogen-bond donors (Lipinski definition) is 1. The zero-order valence-electron chi connectivity index (χ0n) is 17.6. The highest BCUT2D eigenvalue weighted by Crippen LogP contribution is 2.28. The molecule has 32 heavy (non-hydrogen) atoms. The van der Waals surface area contributed by atoms with E-state index in [1.807, 2.05) is 0 Å². The number of sulfonamides is 2. The van der Waals surface area contributed by atoms with E-state index in [9.17, 15) is 26.7 Å². The summed E-state index contributed by atoms with van der Waals surface area (Å²) in [6.45, 7) is 2.85. The topological polar surface area (TPSA) is 115 Å². The van der Waals surface area contributed by atoms with Gasteiger partial charge in [0.1, 0.15) is 10.6 Å². The number of anilines is 1. The molecule has 9 nitrogen and oxygen atoms in total. The van der Waals surface area contributed by atoms with Gasteiger partial charge >= 0.3 is 0 Å². The van der Waals surface area contributed by atoms with Crippen molar-refractivity contribution in [3.63, 3.8) is 0 Å². The highest BCUT2D eigenvalue weighted by atomic mass is 32.2. The number of nitrogens with zero attached hydrogens (tertiary/aromatic N) is 3. The maximum Gasteiger partial charge on any atom is 0.253 e. The van der Waals surface area contributed by atoms with E-state index in [0.29, 0.717) is 24.2 Å². The van der Waals surface area contributed by atoms with Crippen molar-refractivity contribution in [2.24, 2.45) is 0 Å². The Bertz CT molecular complexity index is 1230. The van der Waals surface area contributed by atoms with Crippen LogP contribution in [0.15, 0.2) is 47.4 Å². The maximum absolute atomic E-state index is 12.9. The van der Waals surface area contributed by atoms with Gasteiger partial charge in [-0.1, -0.05) is 6.07 Å². The van der Waals surface area contributed by atoms with E-state index in [2.05, 4.69) is 0 Å². The molecule has 4 rings (SSSR count). The van der Waals surface area contributed by atoms with E-state index in [0.717, 1.165) is 5.56 Å². The summed E-state index contributed by atoms with van der Waals surface area (Å²) >= 11 is 0. The molecule has 0 aromatic heterocycles. The molecule has 0 radical (unpaired) electrons. The van der Waals surface area contributed by atoms with Crippen LogP contribution in [0.5, 0.6) is 5.75 Å². The fourth-order valence-electron chi connectivity index (χ4n) is 3.98. The minimum absolute atomic E-state index is 0.117. The first-order chi connectivity index (χ1) is 15.1. The molecular formula is C21H25N3O6S2. The molecule has 2 aliphatic heterocycles. The van der Waals surface area contributed by atoms with Crippen molar-refractivity contribution in [1.29, 1.82) is 0 Å². The van der Waals surface area contributed by atoms with Gasteiger partial charge in [-0.3, -0.25) is 9.10 Å². The lowest BCUT2D eigenvalue weighted by atomic mass is 10.1. The SMILES string of the molecule is Cc1ccc(O)c(S(=O)(=O)N2CCN(C(=O)c3ccc(N4CCCS4(=O)=O)cc3)CC2)c1. The van der Waals surface area contributed by atoms with Gasteiger partial charge in [0.05, 0.1) is 11.4 Å². The lowest BCUT2D eigenvalue weighted by Gasteiger charge is -2.34. The molecule has 0 aliphatic carbocycles. The highest BCUT2D eigenvalue weighted by Gasteiger charge is 2.32. The molecule has 0 spiro atoms. The van der Waals surface area contributed by atoms with E-state index < -0.39 is 20.0 Å². The van der Waals surface area contributed by atoms with Crippen LogP contribution in [0.2, 0.25) is 0 Å². The summed E-state index contributed by atoms with van der Waals surface area (Å²) in [5, 5.41) is 10.0. The van der Waals surface area contributed by atoms with Crippen molar-refractivity contribution >= 4 is 31.6 Å². The van der Waals surface area contributed by atoms with Gasteiger partial charge in [-0.2, -0.15) is 4.31 Å². The molecule has 2 aliphatic rings. The van der Waals surface area contributed by atoms with Crippen LogP contribution in [0.4, 0.5) is 5.69 Å². The molecule has 2 aromatic rings. The predicted octanol–water partition coefficient (Wildman–Crippen LogP) is 1.39. The number of piperazine rings is 1. The van der Waals surface area contributed by atoms with Gasteiger partial charge in [-0.05, 0) is 55.3 Å². The van der Waals surface area contributed by atoms with Crippen molar-refractivity contribution in [3.05, 3.63) is 53.6 Å². The number of rotatable bonds is 4. The smallest absolute Gasteiger partial charge is 0.253 e. The molecule has 0 atom stereocenters. The number of carbonyl (C=O) groups excluding carboxylic acids is 1. The van der Waals surface area contributed by atoms with E-state index in [-0.39, 0.29) is 48.5 Å². The largest absolute Gasteiger partial charge is 0.507 e. The van der Waals surface area contributed by atoms with Crippen LogP contribution in [0.25, 0.3) is 0 Å². The van der Waals surface area contributed by atoms with E-state index in [4.69, 9.17) is 0 Å². The van der Waals surface area contributed by atoms with Crippen LogP contribution in [0.3, 0.4) is 0 Å². The van der Waals surface area contributed by atoms with Crippen LogP contribution in [0, 0.1) is 6.92 Å². The summed E-state index contributed by atoms with van der Waals surface area (Å²) < 4.78 is 52.6. The number of aromatic hydroxyl groups is 1. The van der Waals surface area contributed by atoms with Gasteiger partial charge in [-0.15, -0.1) is 0 Å². The molecule has 2 aromatic carbocycles.